The second-order valence-electron chi connectivity index (χ2n) is 13.0. The molecule has 2 aliphatic heterocycles. The van der Waals surface area contributed by atoms with Crippen LogP contribution < -0.4 is 9.64 Å². The molecule has 3 heterocycles. The smallest absolute Gasteiger partial charge is 0.416 e. The summed E-state index contributed by atoms with van der Waals surface area (Å²) in [6.07, 6.45) is -11.7. The molecule has 1 aliphatic carbocycles. The van der Waals surface area contributed by atoms with E-state index in [1.807, 2.05) is 12.1 Å². The lowest BCUT2D eigenvalue weighted by molar-refractivity contribution is -0.149. The van der Waals surface area contributed by atoms with E-state index in [0.29, 0.717) is 47.5 Å². The summed E-state index contributed by atoms with van der Waals surface area (Å²) in [5, 5.41) is 0. The minimum Gasteiger partial charge on any atom is -0.496 e. The van der Waals surface area contributed by atoms with Crippen LogP contribution >= 0.6 is 0 Å². The van der Waals surface area contributed by atoms with Crippen LogP contribution in [0.5, 0.6) is 5.75 Å². The predicted octanol–water partition coefficient (Wildman–Crippen LogP) is 7.70. The number of rotatable bonds is 8. The highest BCUT2D eigenvalue weighted by Crippen LogP contribution is 2.46. The molecule has 0 radical (unpaired) electrons. The van der Waals surface area contributed by atoms with Gasteiger partial charge in [0.2, 0.25) is 5.95 Å². The molecule has 0 unspecified atom stereocenters. The third kappa shape index (κ3) is 6.98. The number of methoxy groups -OCH3 is 2. The first-order chi connectivity index (χ1) is 23.8. The Bertz CT molecular complexity index is 1820. The van der Waals surface area contributed by atoms with Crippen molar-refractivity contribution in [2.75, 3.05) is 32.2 Å². The average Bonchev–Trinajstić information content (AvgIpc) is 3.30. The van der Waals surface area contributed by atoms with Gasteiger partial charge in [0, 0.05) is 11.1 Å². The van der Waals surface area contributed by atoms with Crippen LogP contribution in [0.25, 0.3) is 11.1 Å². The summed E-state index contributed by atoms with van der Waals surface area (Å²) >= 11 is 0. The van der Waals surface area contributed by atoms with E-state index in [1.165, 1.54) is 26.0 Å². The lowest BCUT2D eigenvalue weighted by atomic mass is 9.71. The fraction of sp³-hybridized carbons (Fsp3) is 0.471. The predicted molar refractivity (Wildman–Crippen MR) is 164 cm³/mol. The molecule has 1 aromatic heterocycles. The first-order valence-corrected chi connectivity index (χ1v) is 15.8. The number of halogens is 8. The lowest BCUT2D eigenvalue weighted by Gasteiger charge is -2.39. The van der Waals surface area contributed by atoms with Crippen LogP contribution in [0, 0.1) is 12.8 Å². The molecule has 3 fully saturated rings. The van der Waals surface area contributed by atoms with Gasteiger partial charge in [-0.1, -0.05) is 6.07 Å². The Morgan fingerprint density at radius 3 is 2.14 bits per heavy atom. The molecular formula is C34H32F8N4O5. The van der Waals surface area contributed by atoms with Gasteiger partial charge in [-0.2, -0.15) is 26.3 Å². The zero-order valence-electron chi connectivity index (χ0n) is 27.7. The first kappa shape index (κ1) is 36.1. The average molecular weight is 729 g/mol. The van der Waals surface area contributed by atoms with Crippen molar-refractivity contribution in [2.45, 2.75) is 69.6 Å². The number of amides is 1. The van der Waals surface area contributed by atoms with E-state index in [0.717, 1.165) is 10.5 Å². The summed E-state index contributed by atoms with van der Waals surface area (Å²) in [6, 6.07) is 5.27. The number of carbonyl (C=O) groups is 2. The van der Waals surface area contributed by atoms with Gasteiger partial charge in [-0.25, -0.2) is 23.5 Å². The number of hydrogen-bond donors (Lipinski definition) is 0. The summed E-state index contributed by atoms with van der Waals surface area (Å²) in [7, 11) is 2.74. The fourth-order valence-corrected chi connectivity index (χ4v) is 6.76. The normalized spacial score (nSPS) is 23.0. The van der Waals surface area contributed by atoms with Crippen molar-refractivity contribution in [3.8, 4) is 16.9 Å². The van der Waals surface area contributed by atoms with E-state index in [9.17, 15) is 44.7 Å². The Labute approximate surface area is 286 Å². The highest BCUT2D eigenvalue weighted by atomic mass is 19.4. The van der Waals surface area contributed by atoms with Gasteiger partial charge in [0.25, 0.3) is 5.92 Å². The summed E-state index contributed by atoms with van der Waals surface area (Å²) < 4.78 is 125. The molecule has 0 bridgehead atoms. The van der Waals surface area contributed by atoms with Crippen molar-refractivity contribution in [3.63, 3.8) is 0 Å². The van der Waals surface area contributed by atoms with E-state index in [4.69, 9.17) is 14.2 Å². The maximum Gasteiger partial charge on any atom is 0.416 e. The van der Waals surface area contributed by atoms with Crippen LogP contribution in [0.1, 0.15) is 65.4 Å². The number of aryl methyl sites for hydroxylation is 1. The van der Waals surface area contributed by atoms with E-state index >= 15 is 0 Å². The van der Waals surface area contributed by atoms with Gasteiger partial charge in [-0.15, -0.1) is 0 Å². The molecule has 0 N–H and O–H groups in total. The van der Waals surface area contributed by atoms with Crippen molar-refractivity contribution in [2.24, 2.45) is 5.92 Å². The maximum atomic E-state index is 13.9. The lowest BCUT2D eigenvalue weighted by Crippen LogP contribution is -2.57. The molecule has 3 aromatic rings. The molecule has 17 heteroatoms. The molecule has 1 saturated carbocycles. The molecule has 9 nitrogen and oxygen atoms in total. The number of alkyl halides is 8. The molecule has 6 rings (SSSR count). The highest BCUT2D eigenvalue weighted by molar-refractivity contribution is 5.78. The molecule has 274 valence electrons. The molecule has 2 saturated heterocycles. The number of aromatic nitrogens is 2. The minimum absolute atomic E-state index is 0.00517. The van der Waals surface area contributed by atoms with Crippen LogP contribution in [0.2, 0.25) is 0 Å². The largest absolute Gasteiger partial charge is 0.496 e. The van der Waals surface area contributed by atoms with Gasteiger partial charge in [0.05, 0.1) is 68.3 Å². The van der Waals surface area contributed by atoms with Crippen LogP contribution in [-0.2, 0) is 33.2 Å². The van der Waals surface area contributed by atoms with Crippen LogP contribution in [0.3, 0.4) is 0 Å². The Hall–Kier alpha value is -4.70. The number of cyclic esters (lactones) is 1. The summed E-state index contributed by atoms with van der Waals surface area (Å²) in [5.74, 6) is -3.24. The minimum atomic E-state index is -5.12. The van der Waals surface area contributed by atoms with Crippen LogP contribution in [0.4, 0.5) is 45.9 Å². The third-order valence-corrected chi connectivity index (χ3v) is 9.57. The van der Waals surface area contributed by atoms with Gasteiger partial charge < -0.3 is 19.1 Å². The maximum absolute atomic E-state index is 13.9. The number of carbonyl (C=O) groups excluding carboxylic acids is 2. The molecule has 2 aromatic carbocycles. The zero-order valence-corrected chi connectivity index (χ0v) is 27.7. The highest BCUT2D eigenvalue weighted by Gasteiger charge is 2.47. The van der Waals surface area contributed by atoms with Crippen molar-refractivity contribution in [1.29, 1.82) is 0 Å². The first-order valence-electron chi connectivity index (χ1n) is 15.8. The van der Waals surface area contributed by atoms with E-state index in [1.54, 1.807) is 13.0 Å². The Morgan fingerprint density at radius 1 is 0.961 bits per heavy atom. The molecular weight excluding hydrogens is 696 g/mol. The van der Waals surface area contributed by atoms with Gasteiger partial charge >= 0.3 is 24.4 Å². The van der Waals surface area contributed by atoms with Crippen LogP contribution in [0.15, 0.2) is 36.4 Å². The molecule has 2 atom stereocenters. The number of hydrogen-bond acceptors (Lipinski definition) is 8. The summed E-state index contributed by atoms with van der Waals surface area (Å²) in [4.78, 5) is 36.7. The topological polar surface area (TPSA) is 94.1 Å². The molecule has 1 amide bonds. The monoisotopic (exact) mass is 728 g/mol. The standard InChI is InChI=1S/C34H32F8N4O5/c1-16-27(24-11-18(5-6-26(24)49-3)19-7-21(8-19)29(47)50-4)25(44-30(43-16)45-14-32(35,36)15-45)13-46-17(2)28(51-31(46)48)20-9-22(33(37,38)39)12-23(10-20)34(40,41)42/h5-6,9-12,17,19,21,28H,7-8,13-15H2,1-4H3/t17-,19-,21-,28-/m0/s1. The number of ether oxygens (including phenoxy) is 3. The van der Waals surface area contributed by atoms with Gasteiger partial charge in [0.1, 0.15) is 11.9 Å². The van der Waals surface area contributed by atoms with Gasteiger partial charge in [-0.05, 0) is 74.1 Å². The third-order valence-electron chi connectivity index (χ3n) is 9.57. The van der Waals surface area contributed by atoms with Crippen molar-refractivity contribution < 1.29 is 58.9 Å². The summed E-state index contributed by atoms with van der Waals surface area (Å²) in [6.45, 7) is 1.32. The second-order valence-corrected chi connectivity index (χ2v) is 13.0. The SMILES string of the molecule is COc1ccc([C@H]2C[C@H](C(=O)OC)C2)cc1-c1c(C)nc(N2CC(F)(F)C2)nc1CN1C(=O)O[C@H](c2cc(C(F)(F)F)cc(C(F)(F)F)c2)[C@@H]1C. The van der Waals surface area contributed by atoms with E-state index in [-0.39, 0.29) is 42.1 Å². The van der Waals surface area contributed by atoms with E-state index < -0.39 is 66.3 Å². The Kier molecular flexibility index (Phi) is 9.07. The van der Waals surface area contributed by atoms with E-state index in [2.05, 4.69) is 9.97 Å². The second kappa shape index (κ2) is 12.8. The van der Waals surface area contributed by atoms with Gasteiger partial charge in [-0.3, -0.25) is 9.69 Å². The fourth-order valence-electron chi connectivity index (χ4n) is 6.76. The van der Waals surface area contributed by atoms with Gasteiger partial charge in [0.15, 0.2) is 0 Å². The Balaban J connectivity index is 1.39. The van der Waals surface area contributed by atoms with Crippen molar-refractivity contribution >= 4 is 18.0 Å². The number of anilines is 1. The zero-order chi connectivity index (χ0) is 37.2. The number of nitrogens with zero attached hydrogens (tertiary/aromatic N) is 4. The number of esters is 1. The summed E-state index contributed by atoms with van der Waals surface area (Å²) in [5.41, 5.74) is -1.46. The molecule has 51 heavy (non-hydrogen) atoms. The molecule has 3 aliphatic rings. The Morgan fingerprint density at radius 2 is 1.59 bits per heavy atom. The number of benzene rings is 2. The van der Waals surface area contributed by atoms with Crippen molar-refractivity contribution in [1.82, 2.24) is 14.9 Å². The van der Waals surface area contributed by atoms with Crippen LogP contribution in [-0.4, -0.2) is 66.2 Å². The quantitative estimate of drug-likeness (QED) is 0.172. The van der Waals surface area contributed by atoms with Crippen molar-refractivity contribution in [3.05, 3.63) is 70.0 Å². The molecule has 0 spiro atoms.